The van der Waals surface area contributed by atoms with E-state index in [0.29, 0.717) is 0 Å². The van der Waals surface area contributed by atoms with Gasteiger partial charge in [0.1, 0.15) is 5.82 Å². The van der Waals surface area contributed by atoms with Crippen molar-refractivity contribution in [1.82, 2.24) is 14.9 Å². The minimum Gasteiger partial charge on any atom is -0.334 e. The lowest BCUT2D eigenvalue weighted by Crippen LogP contribution is -2.04. The van der Waals surface area contributed by atoms with E-state index >= 15 is 0 Å². The largest absolute Gasteiger partial charge is 0.334 e. The zero-order valence-electron chi connectivity index (χ0n) is 9.99. The fraction of sp³-hybridized carbons (Fsp3) is 0.308. The molecule has 84 valence electrons. The molecule has 0 aliphatic heterocycles. The lowest BCUT2D eigenvalue weighted by molar-refractivity contribution is 0.795. The fourth-order valence-corrected chi connectivity index (χ4v) is 1.87. The molecule has 0 saturated heterocycles. The zero-order chi connectivity index (χ0) is 11.5. The highest BCUT2D eigenvalue weighted by atomic mass is 15.1. The molecule has 16 heavy (non-hydrogen) atoms. The van der Waals surface area contributed by atoms with Gasteiger partial charge in [0.05, 0.1) is 5.69 Å². The van der Waals surface area contributed by atoms with Crippen molar-refractivity contribution in [3.8, 4) is 11.4 Å². The van der Waals surface area contributed by atoms with Crippen molar-refractivity contribution in [1.29, 1.82) is 0 Å². The molecule has 0 amide bonds. The number of aromatic nitrogens is 2. The molecule has 0 unspecified atom stereocenters. The smallest absolute Gasteiger partial charge is 0.140 e. The minimum absolute atomic E-state index is 0.805. The average Bonchev–Trinajstić information content (AvgIpc) is 2.61. The van der Waals surface area contributed by atoms with Crippen molar-refractivity contribution in [2.75, 3.05) is 7.05 Å². The number of imidazole rings is 1. The van der Waals surface area contributed by atoms with Crippen LogP contribution in [0.5, 0.6) is 0 Å². The Morgan fingerprint density at radius 1 is 1.31 bits per heavy atom. The molecule has 3 heteroatoms. The summed E-state index contributed by atoms with van der Waals surface area (Å²) in [7, 11) is 3.97. The quantitative estimate of drug-likeness (QED) is 0.850. The van der Waals surface area contributed by atoms with E-state index in [1.54, 1.807) is 0 Å². The molecule has 0 aliphatic rings. The molecule has 0 fully saturated rings. The predicted octanol–water partition coefficient (Wildman–Crippen LogP) is 2.11. The topological polar surface area (TPSA) is 29.9 Å². The molecule has 1 aromatic heterocycles. The number of hydrogen-bond acceptors (Lipinski definition) is 2. The van der Waals surface area contributed by atoms with E-state index in [1.807, 2.05) is 14.1 Å². The number of aryl methyl sites for hydroxylation is 2. The standard InChI is InChI=1S/C13H17N3/c1-10-6-4-5-7-12(10)13-15-11(8-14-2)9-16(13)3/h4-7,9,14H,8H2,1-3H3. The van der Waals surface area contributed by atoms with Crippen molar-refractivity contribution in [3.05, 3.63) is 41.7 Å². The van der Waals surface area contributed by atoms with E-state index < -0.39 is 0 Å². The summed E-state index contributed by atoms with van der Waals surface area (Å²) in [6.07, 6.45) is 2.07. The first-order valence-corrected chi connectivity index (χ1v) is 5.45. The summed E-state index contributed by atoms with van der Waals surface area (Å²) >= 11 is 0. The van der Waals surface area contributed by atoms with Gasteiger partial charge in [-0.2, -0.15) is 0 Å². The van der Waals surface area contributed by atoms with Crippen LogP contribution in [0.1, 0.15) is 11.3 Å². The summed E-state index contributed by atoms with van der Waals surface area (Å²) in [5.74, 6) is 1.03. The third-order valence-electron chi connectivity index (χ3n) is 2.67. The highest BCUT2D eigenvalue weighted by molar-refractivity contribution is 5.60. The number of rotatable bonds is 3. The Hall–Kier alpha value is -1.61. The molecule has 1 N–H and O–H groups in total. The number of nitrogens with one attached hydrogen (secondary N) is 1. The van der Waals surface area contributed by atoms with Crippen molar-refractivity contribution >= 4 is 0 Å². The highest BCUT2D eigenvalue weighted by Gasteiger charge is 2.08. The summed E-state index contributed by atoms with van der Waals surface area (Å²) in [6, 6.07) is 8.33. The summed E-state index contributed by atoms with van der Waals surface area (Å²) in [4.78, 5) is 4.63. The summed E-state index contributed by atoms with van der Waals surface area (Å²) in [5.41, 5.74) is 3.53. The molecule has 3 nitrogen and oxygen atoms in total. The van der Waals surface area contributed by atoms with Gasteiger partial charge in [-0.1, -0.05) is 24.3 Å². The van der Waals surface area contributed by atoms with Gasteiger partial charge < -0.3 is 9.88 Å². The molecule has 2 aromatic rings. The third-order valence-corrected chi connectivity index (χ3v) is 2.67. The summed E-state index contributed by atoms with van der Waals surface area (Å²) in [5, 5.41) is 3.11. The van der Waals surface area contributed by atoms with Crippen LogP contribution in [0.4, 0.5) is 0 Å². The molecular weight excluding hydrogens is 198 g/mol. The third kappa shape index (κ3) is 1.99. The first-order valence-electron chi connectivity index (χ1n) is 5.45. The maximum Gasteiger partial charge on any atom is 0.140 e. The molecule has 1 heterocycles. The normalized spacial score (nSPS) is 10.7. The molecule has 0 bridgehead atoms. The molecule has 0 spiro atoms. The van der Waals surface area contributed by atoms with Gasteiger partial charge in [0.15, 0.2) is 0 Å². The van der Waals surface area contributed by atoms with Gasteiger partial charge in [0, 0.05) is 25.4 Å². The molecular formula is C13H17N3. The molecule has 0 saturated carbocycles. The van der Waals surface area contributed by atoms with Crippen molar-refractivity contribution in [3.63, 3.8) is 0 Å². The zero-order valence-corrected chi connectivity index (χ0v) is 9.99. The van der Waals surface area contributed by atoms with E-state index in [2.05, 4.69) is 52.3 Å². The van der Waals surface area contributed by atoms with Crippen LogP contribution in [0.25, 0.3) is 11.4 Å². The first-order chi connectivity index (χ1) is 7.72. The Bertz CT molecular complexity index is 486. The van der Waals surface area contributed by atoms with E-state index in [9.17, 15) is 0 Å². The lowest BCUT2D eigenvalue weighted by Gasteiger charge is -2.04. The Kier molecular flexibility index (Phi) is 3.06. The monoisotopic (exact) mass is 215 g/mol. The van der Waals surface area contributed by atoms with Crippen LogP contribution in [-0.2, 0) is 13.6 Å². The van der Waals surface area contributed by atoms with E-state index in [4.69, 9.17) is 0 Å². The predicted molar refractivity (Wildman–Crippen MR) is 66.1 cm³/mol. The Labute approximate surface area is 96.1 Å². The minimum atomic E-state index is 0.805. The summed E-state index contributed by atoms with van der Waals surface area (Å²) in [6.45, 7) is 2.92. The molecule has 0 atom stereocenters. The van der Waals surface area contributed by atoms with Crippen LogP contribution in [0.15, 0.2) is 30.5 Å². The van der Waals surface area contributed by atoms with Gasteiger partial charge in [-0.15, -0.1) is 0 Å². The van der Waals surface area contributed by atoms with Gasteiger partial charge in [0.2, 0.25) is 0 Å². The Morgan fingerprint density at radius 3 is 2.75 bits per heavy atom. The highest BCUT2D eigenvalue weighted by Crippen LogP contribution is 2.21. The number of nitrogens with zero attached hydrogens (tertiary/aromatic N) is 2. The molecule has 1 aromatic carbocycles. The molecule has 2 rings (SSSR count). The van der Waals surface area contributed by atoms with Crippen LogP contribution in [0, 0.1) is 6.92 Å². The fourth-order valence-electron chi connectivity index (χ4n) is 1.87. The molecule has 0 radical (unpaired) electrons. The molecule has 0 aliphatic carbocycles. The van der Waals surface area contributed by atoms with Crippen molar-refractivity contribution < 1.29 is 0 Å². The van der Waals surface area contributed by atoms with Gasteiger partial charge in [-0.25, -0.2) is 4.98 Å². The van der Waals surface area contributed by atoms with E-state index in [-0.39, 0.29) is 0 Å². The maximum atomic E-state index is 4.63. The Morgan fingerprint density at radius 2 is 2.06 bits per heavy atom. The Balaban J connectivity index is 2.44. The van der Waals surface area contributed by atoms with Crippen LogP contribution < -0.4 is 5.32 Å². The SMILES string of the molecule is CNCc1cn(C)c(-c2ccccc2C)n1. The second kappa shape index (κ2) is 4.49. The average molecular weight is 215 g/mol. The van der Waals surface area contributed by atoms with E-state index in [0.717, 1.165) is 18.1 Å². The summed E-state index contributed by atoms with van der Waals surface area (Å²) < 4.78 is 2.08. The van der Waals surface area contributed by atoms with Crippen LogP contribution in [0.3, 0.4) is 0 Å². The van der Waals surface area contributed by atoms with Crippen LogP contribution in [-0.4, -0.2) is 16.6 Å². The maximum absolute atomic E-state index is 4.63. The van der Waals surface area contributed by atoms with Crippen LogP contribution >= 0.6 is 0 Å². The van der Waals surface area contributed by atoms with Gasteiger partial charge in [-0.3, -0.25) is 0 Å². The van der Waals surface area contributed by atoms with Gasteiger partial charge >= 0.3 is 0 Å². The van der Waals surface area contributed by atoms with Crippen LogP contribution in [0.2, 0.25) is 0 Å². The lowest BCUT2D eigenvalue weighted by atomic mass is 10.1. The number of benzene rings is 1. The second-order valence-electron chi connectivity index (χ2n) is 4.01. The van der Waals surface area contributed by atoms with Gasteiger partial charge in [-0.05, 0) is 19.5 Å². The van der Waals surface area contributed by atoms with Crippen molar-refractivity contribution in [2.24, 2.45) is 7.05 Å². The van der Waals surface area contributed by atoms with Crippen molar-refractivity contribution in [2.45, 2.75) is 13.5 Å². The first kappa shape index (κ1) is 10.9. The number of hydrogen-bond donors (Lipinski definition) is 1. The van der Waals surface area contributed by atoms with E-state index in [1.165, 1.54) is 11.1 Å². The van der Waals surface area contributed by atoms with Gasteiger partial charge in [0.25, 0.3) is 0 Å². The second-order valence-corrected chi connectivity index (χ2v) is 4.01.